The molecule has 86 valence electrons. The van der Waals surface area contributed by atoms with Crippen molar-refractivity contribution in [3.8, 4) is 0 Å². The number of fused-ring (bicyclic) bond motifs is 4. The van der Waals surface area contributed by atoms with Crippen LogP contribution in [0.15, 0.2) is 53.2 Å². The van der Waals surface area contributed by atoms with E-state index in [4.69, 9.17) is 16.0 Å². The average molecular weight is 254 g/mol. The number of benzene rings is 2. The molecular weight excluding hydrogens is 246 g/mol. The van der Waals surface area contributed by atoms with Gasteiger partial charge in [0.15, 0.2) is 0 Å². The number of nitrogens with zero attached hydrogens (tertiary/aromatic N) is 1. The molecule has 0 fully saturated rings. The summed E-state index contributed by atoms with van der Waals surface area (Å²) >= 11 is 6.18. The predicted octanol–water partition coefficient (Wildman–Crippen LogP) is 4.79. The van der Waals surface area contributed by atoms with Crippen molar-refractivity contribution in [1.82, 2.24) is 4.98 Å². The molecule has 2 aromatic heterocycles. The smallest absolute Gasteiger partial charge is 0.136 e. The Labute approximate surface area is 108 Å². The van der Waals surface area contributed by atoms with E-state index in [2.05, 4.69) is 17.1 Å². The van der Waals surface area contributed by atoms with Gasteiger partial charge in [0.1, 0.15) is 11.2 Å². The Bertz CT molecular complexity index is 895. The van der Waals surface area contributed by atoms with Crippen molar-refractivity contribution in [3.05, 3.63) is 53.8 Å². The van der Waals surface area contributed by atoms with Gasteiger partial charge in [0.2, 0.25) is 0 Å². The summed E-state index contributed by atoms with van der Waals surface area (Å²) in [5.41, 5.74) is 1.76. The normalized spacial score (nSPS) is 11.6. The van der Waals surface area contributed by atoms with Crippen LogP contribution in [0.5, 0.6) is 0 Å². The van der Waals surface area contributed by atoms with E-state index in [0.717, 1.165) is 32.7 Å². The van der Waals surface area contributed by atoms with Gasteiger partial charge in [-0.3, -0.25) is 4.98 Å². The molecule has 0 radical (unpaired) electrons. The fourth-order valence-electron chi connectivity index (χ4n) is 2.35. The maximum Gasteiger partial charge on any atom is 0.136 e. The predicted molar refractivity (Wildman–Crippen MR) is 74.0 cm³/mol. The topological polar surface area (TPSA) is 26.0 Å². The Morgan fingerprint density at radius 2 is 1.78 bits per heavy atom. The van der Waals surface area contributed by atoms with Crippen LogP contribution in [0.4, 0.5) is 0 Å². The lowest BCUT2D eigenvalue weighted by molar-refractivity contribution is 0.669. The van der Waals surface area contributed by atoms with Crippen LogP contribution in [0.1, 0.15) is 0 Å². The minimum absolute atomic E-state index is 0.666. The standard InChI is InChI=1S/C15H8ClNO/c16-13-8-17-7-9-5-15-12(6-11(9)13)10-3-1-2-4-14(10)18-15/h1-8H. The molecule has 0 aliphatic heterocycles. The number of hydrogen-bond acceptors (Lipinski definition) is 2. The molecule has 2 aromatic carbocycles. The van der Waals surface area contributed by atoms with Gasteiger partial charge in [0, 0.05) is 33.9 Å². The highest BCUT2D eigenvalue weighted by molar-refractivity contribution is 6.35. The molecule has 0 saturated carbocycles. The quantitative estimate of drug-likeness (QED) is 0.450. The van der Waals surface area contributed by atoms with Gasteiger partial charge in [-0.1, -0.05) is 29.8 Å². The van der Waals surface area contributed by atoms with E-state index in [1.807, 2.05) is 24.3 Å². The van der Waals surface area contributed by atoms with E-state index in [0.29, 0.717) is 5.02 Å². The molecule has 0 saturated heterocycles. The summed E-state index contributed by atoms with van der Waals surface area (Å²) in [5, 5.41) is 4.87. The summed E-state index contributed by atoms with van der Waals surface area (Å²) in [7, 11) is 0. The second-order valence-corrected chi connectivity index (χ2v) is 4.70. The summed E-state index contributed by atoms with van der Waals surface area (Å²) < 4.78 is 5.83. The second-order valence-electron chi connectivity index (χ2n) is 4.29. The maximum atomic E-state index is 6.18. The van der Waals surface area contributed by atoms with Crippen LogP contribution >= 0.6 is 11.6 Å². The lowest BCUT2D eigenvalue weighted by Gasteiger charge is -1.99. The number of hydrogen-bond donors (Lipinski definition) is 0. The summed E-state index contributed by atoms with van der Waals surface area (Å²) in [4.78, 5) is 4.10. The molecular formula is C15H8ClNO. The molecule has 4 rings (SSSR count). The van der Waals surface area contributed by atoms with Crippen molar-refractivity contribution >= 4 is 44.3 Å². The largest absolute Gasteiger partial charge is 0.456 e. The minimum atomic E-state index is 0.666. The zero-order chi connectivity index (χ0) is 12.1. The van der Waals surface area contributed by atoms with Crippen molar-refractivity contribution in [2.75, 3.05) is 0 Å². The highest BCUT2D eigenvalue weighted by atomic mass is 35.5. The first-order chi connectivity index (χ1) is 8.83. The Morgan fingerprint density at radius 3 is 2.72 bits per heavy atom. The summed E-state index contributed by atoms with van der Waals surface area (Å²) in [5.74, 6) is 0. The molecule has 4 aromatic rings. The van der Waals surface area contributed by atoms with Gasteiger partial charge in [-0.15, -0.1) is 0 Å². The molecule has 0 bridgehead atoms. The van der Waals surface area contributed by atoms with Crippen LogP contribution in [0.2, 0.25) is 5.02 Å². The average Bonchev–Trinajstić information content (AvgIpc) is 2.75. The van der Waals surface area contributed by atoms with Crippen LogP contribution < -0.4 is 0 Å². The van der Waals surface area contributed by atoms with E-state index < -0.39 is 0 Å². The Kier molecular flexibility index (Phi) is 1.91. The van der Waals surface area contributed by atoms with Crippen LogP contribution in [0, 0.1) is 0 Å². The van der Waals surface area contributed by atoms with Crippen molar-refractivity contribution < 1.29 is 4.42 Å². The zero-order valence-electron chi connectivity index (χ0n) is 9.35. The number of para-hydroxylation sites is 1. The minimum Gasteiger partial charge on any atom is -0.456 e. The lowest BCUT2D eigenvalue weighted by Crippen LogP contribution is -1.77. The molecule has 0 amide bonds. The Balaban J connectivity index is 2.28. The van der Waals surface area contributed by atoms with Gasteiger partial charge in [-0.2, -0.15) is 0 Å². The molecule has 3 heteroatoms. The summed E-state index contributed by atoms with van der Waals surface area (Å²) in [6, 6.07) is 12.1. The van der Waals surface area contributed by atoms with Gasteiger partial charge in [0.05, 0.1) is 5.02 Å². The first-order valence-electron chi connectivity index (χ1n) is 5.67. The highest BCUT2D eigenvalue weighted by Gasteiger charge is 2.09. The Morgan fingerprint density at radius 1 is 0.889 bits per heavy atom. The van der Waals surface area contributed by atoms with E-state index >= 15 is 0 Å². The van der Waals surface area contributed by atoms with Gasteiger partial charge < -0.3 is 4.42 Å². The Hall–Kier alpha value is -2.06. The molecule has 0 spiro atoms. The number of rotatable bonds is 0. The third-order valence-electron chi connectivity index (χ3n) is 3.21. The van der Waals surface area contributed by atoms with Crippen LogP contribution in [0.3, 0.4) is 0 Å². The summed E-state index contributed by atoms with van der Waals surface area (Å²) in [6.07, 6.45) is 3.46. The van der Waals surface area contributed by atoms with Gasteiger partial charge in [-0.05, 0) is 18.2 Å². The van der Waals surface area contributed by atoms with Crippen LogP contribution in [-0.2, 0) is 0 Å². The van der Waals surface area contributed by atoms with E-state index in [1.54, 1.807) is 12.4 Å². The number of aromatic nitrogens is 1. The highest BCUT2D eigenvalue weighted by Crippen LogP contribution is 2.33. The molecule has 0 unspecified atom stereocenters. The van der Waals surface area contributed by atoms with Crippen molar-refractivity contribution in [3.63, 3.8) is 0 Å². The third kappa shape index (κ3) is 1.27. The number of pyridine rings is 1. The second kappa shape index (κ2) is 3.47. The first kappa shape index (κ1) is 9.92. The summed E-state index contributed by atoms with van der Waals surface area (Å²) in [6.45, 7) is 0. The fourth-order valence-corrected chi connectivity index (χ4v) is 2.57. The van der Waals surface area contributed by atoms with Crippen LogP contribution in [-0.4, -0.2) is 4.98 Å². The van der Waals surface area contributed by atoms with Crippen molar-refractivity contribution in [1.29, 1.82) is 0 Å². The van der Waals surface area contributed by atoms with Gasteiger partial charge in [0.25, 0.3) is 0 Å². The number of furan rings is 1. The molecule has 2 nitrogen and oxygen atoms in total. The number of halogens is 1. The maximum absolute atomic E-state index is 6.18. The molecule has 0 aliphatic carbocycles. The molecule has 2 heterocycles. The monoisotopic (exact) mass is 253 g/mol. The first-order valence-corrected chi connectivity index (χ1v) is 6.05. The third-order valence-corrected chi connectivity index (χ3v) is 3.51. The van der Waals surface area contributed by atoms with E-state index in [-0.39, 0.29) is 0 Å². The van der Waals surface area contributed by atoms with Crippen molar-refractivity contribution in [2.45, 2.75) is 0 Å². The fraction of sp³-hybridized carbons (Fsp3) is 0. The molecule has 0 N–H and O–H groups in total. The van der Waals surface area contributed by atoms with E-state index in [1.165, 1.54) is 0 Å². The molecule has 18 heavy (non-hydrogen) atoms. The zero-order valence-corrected chi connectivity index (χ0v) is 10.1. The van der Waals surface area contributed by atoms with Gasteiger partial charge >= 0.3 is 0 Å². The SMILES string of the molecule is Clc1cncc2cc3oc4ccccc4c3cc12. The molecule has 0 atom stereocenters. The van der Waals surface area contributed by atoms with E-state index in [9.17, 15) is 0 Å². The lowest BCUT2D eigenvalue weighted by atomic mass is 10.1. The molecule has 0 aliphatic rings. The van der Waals surface area contributed by atoms with Crippen molar-refractivity contribution in [2.24, 2.45) is 0 Å². The van der Waals surface area contributed by atoms with Crippen LogP contribution in [0.25, 0.3) is 32.7 Å². The van der Waals surface area contributed by atoms with Gasteiger partial charge in [-0.25, -0.2) is 0 Å².